The second-order valence-corrected chi connectivity index (χ2v) is 10.6. The van der Waals surface area contributed by atoms with Crippen LogP contribution < -0.4 is 21.3 Å². The maximum atomic E-state index is 12.9. The Morgan fingerprint density at radius 1 is 1.11 bits per heavy atom. The predicted octanol–water partition coefficient (Wildman–Crippen LogP) is 2.90. The Bertz CT molecular complexity index is 1560. The first kappa shape index (κ1) is 24.5. The molecule has 10 nitrogen and oxygen atoms in total. The van der Waals surface area contributed by atoms with Crippen LogP contribution >= 0.6 is 15.9 Å². The lowest BCUT2D eigenvalue weighted by Crippen LogP contribution is -2.34. The number of anilines is 2. The molecule has 4 N–H and O–H groups in total. The molecular weight excluding hydrogens is 538 g/mol. The van der Waals surface area contributed by atoms with Crippen molar-refractivity contribution in [3.05, 3.63) is 86.2 Å². The van der Waals surface area contributed by atoms with Gasteiger partial charge in [0.15, 0.2) is 11.4 Å². The Morgan fingerprint density at radius 2 is 1.83 bits per heavy atom. The lowest BCUT2D eigenvalue weighted by Gasteiger charge is -2.14. The largest absolute Gasteiger partial charge is 0.380 e. The molecule has 2 aromatic heterocycles. The van der Waals surface area contributed by atoms with Crippen LogP contribution in [0.15, 0.2) is 68.4 Å². The molecule has 2 aromatic carbocycles. The highest BCUT2D eigenvalue weighted by molar-refractivity contribution is 9.10. The topological polar surface area (TPSA) is 149 Å². The molecule has 4 aromatic rings. The Kier molecular flexibility index (Phi) is 6.94. The summed E-state index contributed by atoms with van der Waals surface area (Å²) in [4.78, 5) is 25.5. The van der Waals surface area contributed by atoms with Gasteiger partial charge < -0.3 is 20.1 Å². The quantitative estimate of drug-likeness (QED) is 0.300. The smallest absolute Gasteiger partial charge is 0.275 e. The lowest BCUT2D eigenvalue weighted by molar-refractivity contribution is -0.121. The molecule has 0 radical (unpaired) electrons. The number of rotatable bonds is 8. The molecule has 35 heavy (non-hydrogen) atoms. The van der Waals surface area contributed by atoms with Gasteiger partial charge in [-0.3, -0.25) is 14.3 Å². The van der Waals surface area contributed by atoms with Crippen molar-refractivity contribution < 1.29 is 17.7 Å². The maximum absolute atomic E-state index is 12.9. The number of hydrogen-bond donors (Lipinski definition) is 3. The number of pyridine rings is 1. The van der Waals surface area contributed by atoms with Crippen molar-refractivity contribution in [1.29, 1.82) is 0 Å². The molecule has 0 atom stereocenters. The van der Waals surface area contributed by atoms with E-state index in [1.807, 2.05) is 0 Å². The van der Waals surface area contributed by atoms with E-state index in [0.717, 1.165) is 10.0 Å². The van der Waals surface area contributed by atoms with E-state index < -0.39 is 21.5 Å². The summed E-state index contributed by atoms with van der Waals surface area (Å²) in [5.41, 5.74) is 7.31. The van der Waals surface area contributed by atoms with Crippen molar-refractivity contribution in [2.24, 2.45) is 0 Å². The molecule has 0 aliphatic heterocycles. The van der Waals surface area contributed by atoms with Crippen molar-refractivity contribution in [2.45, 2.75) is 25.8 Å². The number of nitrogen functional groups attached to an aromatic ring is 1. The number of benzene rings is 2. The molecule has 4 rings (SSSR count). The molecule has 2 heterocycles. The van der Waals surface area contributed by atoms with Gasteiger partial charge in [0.2, 0.25) is 15.9 Å². The van der Waals surface area contributed by atoms with Crippen LogP contribution in [0.5, 0.6) is 0 Å². The second kappa shape index (κ2) is 9.92. The normalized spacial score (nSPS) is 11.5. The summed E-state index contributed by atoms with van der Waals surface area (Å²) in [6, 6.07) is 15.1. The first-order valence-electron chi connectivity index (χ1n) is 10.5. The minimum atomic E-state index is -3.85. The fourth-order valence-corrected chi connectivity index (χ4v) is 4.92. The lowest BCUT2D eigenvalue weighted by atomic mass is 10.1. The molecule has 0 fully saturated rings. The summed E-state index contributed by atoms with van der Waals surface area (Å²) in [5.74, 6) is -0.421. The third-order valence-corrected chi connectivity index (χ3v) is 7.06. The van der Waals surface area contributed by atoms with Gasteiger partial charge in [0, 0.05) is 16.7 Å². The molecule has 0 saturated carbocycles. The molecular formula is C23H22BrN5O5S. The first-order valence-corrected chi connectivity index (χ1v) is 12.9. The summed E-state index contributed by atoms with van der Waals surface area (Å²) in [6.45, 7) is 1.59. The molecule has 1 amide bonds. The maximum Gasteiger partial charge on any atom is 0.275 e. The van der Waals surface area contributed by atoms with E-state index in [9.17, 15) is 18.0 Å². The summed E-state index contributed by atoms with van der Waals surface area (Å²) >= 11 is 3.30. The Balaban J connectivity index is 1.44. The number of sulfonamides is 1. The van der Waals surface area contributed by atoms with Crippen LogP contribution in [0.25, 0.3) is 11.0 Å². The van der Waals surface area contributed by atoms with Gasteiger partial charge >= 0.3 is 0 Å². The standard InChI is InChI=1S/C23H22BrN5O5S/c1-14-2-9-19(28-35(32,33)13-15-3-6-17(24)7-4-15)23(31)29(14)12-21(30)26-11-16-5-8-18-20(10-16)34-27-22(18)25/h2-10,28H,11-13H2,1H3,(H2,25,27)(H,26,30). The van der Waals surface area contributed by atoms with Crippen molar-refractivity contribution in [1.82, 2.24) is 15.0 Å². The minimum Gasteiger partial charge on any atom is -0.380 e. The van der Waals surface area contributed by atoms with Crippen LogP contribution in [0.3, 0.4) is 0 Å². The molecule has 0 aliphatic rings. The van der Waals surface area contributed by atoms with Gasteiger partial charge in [0.1, 0.15) is 12.2 Å². The third kappa shape index (κ3) is 5.89. The number of carbonyl (C=O) groups excluding carboxylic acids is 1. The van der Waals surface area contributed by atoms with Crippen LogP contribution in [0.4, 0.5) is 11.5 Å². The highest BCUT2D eigenvalue weighted by Gasteiger charge is 2.17. The zero-order valence-electron chi connectivity index (χ0n) is 18.6. The van der Waals surface area contributed by atoms with E-state index in [4.69, 9.17) is 10.3 Å². The number of amides is 1. The highest BCUT2D eigenvalue weighted by atomic mass is 79.9. The van der Waals surface area contributed by atoms with Gasteiger partial charge in [-0.05, 0) is 54.4 Å². The van der Waals surface area contributed by atoms with E-state index in [1.54, 1.807) is 55.5 Å². The van der Waals surface area contributed by atoms with Crippen molar-refractivity contribution >= 4 is 54.3 Å². The van der Waals surface area contributed by atoms with Gasteiger partial charge in [0.05, 0.1) is 11.1 Å². The average molecular weight is 560 g/mol. The van der Waals surface area contributed by atoms with Gasteiger partial charge in [-0.15, -0.1) is 0 Å². The zero-order valence-corrected chi connectivity index (χ0v) is 21.0. The predicted molar refractivity (Wildman–Crippen MR) is 136 cm³/mol. The fraction of sp³-hybridized carbons (Fsp3) is 0.174. The number of hydrogen-bond acceptors (Lipinski definition) is 7. The number of nitrogens with one attached hydrogen (secondary N) is 2. The summed E-state index contributed by atoms with van der Waals surface area (Å²) < 4.78 is 34.7. The summed E-state index contributed by atoms with van der Waals surface area (Å²) in [6.07, 6.45) is 0. The molecule has 0 bridgehead atoms. The first-order chi connectivity index (χ1) is 16.6. The van der Waals surface area contributed by atoms with E-state index in [-0.39, 0.29) is 30.3 Å². The number of halogens is 1. The highest BCUT2D eigenvalue weighted by Crippen LogP contribution is 2.21. The van der Waals surface area contributed by atoms with Crippen LogP contribution in [0.1, 0.15) is 16.8 Å². The molecule has 0 spiro atoms. The number of aryl methyl sites for hydroxylation is 1. The van der Waals surface area contributed by atoms with E-state index >= 15 is 0 Å². The Morgan fingerprint density at radius 3 is 2.57 bits per heavy atom. The van der Waals surface area contributed by atoms with Gasteiger partial charge in [-0.25, -0.2) is 8.42 Å². The number of aromatic nitrogens is 2. The second-order valence-electron chi connectivity index (χ2n) is 7.94. The van der Waals surface area contributed by atoms with E-state index in [0.29, 0.717) is 22.2 Å². The molecule has 12 heteroatoms. The summed E-state index contributed by atoms with van der Waals surface area (Å²) in [5, 5.41) is 7.12. The Labute approximate surface area is 209 Å². The van der Waals surface area contributed by atoms with Gasteiger partial charge in [0.25, 0.3) is 5.56 Å². The van der Waals surface area contributed by atoms with Crippen LogP contribution in [0, 0.1) is 6.92 Å². The van der Waals surface area contributed by atoms with Crippen LogP contribution in [-0.4, -0.2) is 24.0 Å². The molecule has 0 unspecified atom stereocenters. The summed E-state index contributed by atoms with van der Waals surface area (Å²) in [7, 11) is -3.85. The third-order valence-electron chi connectivity index (χ3n) is 5.28. The zero-order chi connectivity index (χ0) is 25.2. The van der Waals surface area contributed by atoms with Crippen LogP contribution in [-0.2, 0) is 33.7 Å². The molecule has 0 aliphatic carbocycles. The van der Waals surface area contributed by atoms with Crippen molar-refractivity contribution in [3.63, 3.8) is 0 Å². The van der Waals surface area contributed by atoms with Gasteiger partial charge in [-0.2, -0.15) is 0 Å². The number of nitrogens with zero attached hydrogens (tertiary/aromatic N) is 2. The monoisotopic (exact) mass is 559 g/mol. The van der Waals surface area contributed by atoms with E-state index in [2.05, 4.69) is 31.1 Å². The van der Waals surface area contributed by atoms with Crippen LogP contribution in [0.2, 0.25) is 0 Å². The van der Waals surface area contributed by atoms with Crippen molar-refractivity contribution in [3.8, 4) is 0 Å². The Hall–Kier alpha value is -3.64. The fourth-order valence-electron chi connectivity index (χ4n) is 3.46. The van der Waals surface area contributed by atoms with E-state index in [1.165, 1.54) is 10.6 Å². The number of nitrogens with two attached hydrogens (primary N) is 1. The van der Waals surface area contributed by atoms with Crippen molar-refractivity contribution in [2.75, 3.05) is 10.5 Å². The molecule has 182 valence electrons. The minimum absolute atomic E-state index is 0.131. The average Bonchev–Trinajstić information content (AvgIpc) is 3.18. The van der Waals surface area contributed by atoms with Gasteiger partial charge in [-0.1, -0.05) is 39.3 Å². The molecule has 0 saturated heterocycles. The SMILES string of the molecule is Cc1ccc(NS(=O)(=O)Cc2ccc(Br)cc2)c(=O)n1CC(=O)NCc1ccc2c(N)noc2c1. The number of fused-ring (bicyclic) bond motifs is 1. The number of carbonyl (C=O) groups is 1.